The number of carboxylic acids is 1. The highest BCUT2D eigenvalue weighted by Crippen LogP contribution is 2.23. The fourth-order valence-corrected chi connectivity index (χ4v) is 2.01. The van der Waals surface area contributed by atoms with Gasteiger partial charge in [-0.05, 0) is 13.8 Å². The zero-order valence-corrected chi connectivity index (χ0v) is 10.8. The minimum atomic E-state index is -0.922. The number of thiazole rings is 1. The zero-order chi connectivity index (χ0) is 13.0. The number of anilines is 1. The molecule has 0 aromatic carbocycles. The molecule has 0 aliphatic heterocycles. The van der Waals surface area contributed by atoms with Crippen LogP contribution in [0, 0.1) is 13.8 Å². The van der Waals surface area contributed by atoms with Crippen molar-refractivity contribution in [3.63, 3.8) is 0 Å². The third-order valence-electron chi connectivity index (χ3n) is 2.13. The van der Waals surface area contributed by atoms with Crippen LogP contribution in [0.25, 0.3) is 0 Å². The van der Waals surface area contributed by atoms with Crippen molar-refractivity contribution in [2.24, 2.45) is 0 Å². The Morgan fingerprint density at radius 3 is 2.59 bits per heavy atom. The largest absolute Gasteiger partial charge is 0.481 e. The van der Waals surface area contributed by atoms with E-state index in [4.69, 9.17) is 5.11 Å². The van der Waals surface area contributed by atoms with Crippen LogP contribution in [0.2, 0.25) is 0 Å². The van der Waals surface area contributed by atoms with E-state index in [1.807, 2.05) is 13.8 Å². The number of amides is 2. The monoisotopic (exact) mass is 257 g/mol. The highest BCUT2D eigenvalue weighted by molar-refractivity contribution is 7.16. The molecule has 0 atom stereocenters. The molecular formula is C10H15N3O3S. The Balaban J connectivity index is 2.54. The zero-order valence-electron chi connectivity index (χ0n) is 9.98. The highest BCUT2D eigenvalue weighted by Gasteiger charge is 2.13. The Bertz CT molecular complexity index is 430. The van der Waals surface area contributed by atoms with Crippen LogP contribution in [-0.4, -0.2) is 40.6 Å². The summed E-state index contributed by atoms with van der Waals surface area (Å²) >= 11 is 1.40. The molecule has 17 heavy (non-hydrogen) atoms. The third-order valence-corrected chi connectivity index (χ3v) is 3.12. The lowest BCUT2D eigenvalue weighted by atomic mass is 10.4. The third kappa shape index (κ3) is 4.03. The van der Waals surface area contributed by atoms with E-state index in [2.05, 4.69) is 10.3 Å². The lowest BCUT2D eigenvalue weighted by Crippen LogP contribution is -2.33. The molecule has 0 aliphatic carbocycles. The van der Waals surface area contributed by atoms with Gasteiger partial charge in [-0.1, -0.05) is 0 Å². The minimum absolute atomic E-state index is 0.0649. The van der Waals surface area contributed by atoms with Crippen molar-refractivity contribution in [2.45, 2.75) is 20.3 Å². The molecule has 0 saturated heterocycles. The van der Waals surface area contributed by atoms with Crippen LogP contribution in [0.1, 0.15) is 17.1 Å². The molecule has 0 spiro atoms. The van der Waals surface area contributed by atoms with Crippen LogP contribution in [0.4, 0.5) is 9.80 Å². The molecule has 1 aromatic rings. The molecule has 2 amide bonds. The van der Waals surface area contributed by atoms with E-state index in [0.29, 0.717) is 5.00 Å². The van der Waals surface area contributed by atoms with Gasteiger partial charge < -0.3 is 10.0 Å². The smallest absolute Gasteiger partial charge is 0.322 e. The topological polar surface area (TPSA) is 82.5 Å². The second kappa shape index (κ2) is 5.62. The van der Waals surface area contributed by atoms with Gasteiger partial charge in [0.2, 0.25) is 0 Å². The van der Waals surface area contributed by atoms with Gasteiger partial charge in [-0.15, -0.1) is 11.3 Å². The molecule has 0 aliphatic rings. The summed E-state index contributed by atoms with van der Waals surface area (Å²) in [6.45, 7) is 3.86. The summed E-state index contributed by atoms with van der Waals surface area (Å²) in [5, 5.41) is 12.8. The molecule has 2 N–H and O–H groups in total. The normalized spacial score (nSPS) is 10.1. The molecule has 7 heteroatoms. The maximum atomic E-state index is 11.7. The Morgan fingerprint density at radius 1 is 1.47 bits per heavy atom. The number of hydrogen-bond acceptors (Lipinski definition) is 4. The quantitative estimate of drug-likeness (QED) is 0.860. The van der Waals surface area contributed by atoms with Gasteiger partial charge in [0.15, 0.2) is 0 Å². The van der Waals surface area contributed by atoms with Crippen molar-refractivity contribution in [3.05, 3.63) is 10.7 Å². The van der Waals surface area contributed by atoms with Crippen LogP contribution in [0.5, 0.6) is 0 Å². The molecule has 1 aromatic heterocycles. The Kier molecular flexibility index (Phi) is 4.45. The number of carbonyl (C=O) groups excluding carboxylic acids is 1. The molecule has 0 bridgehead atoms. The van der Waals surface area contributed by atoms with Crippen molar-refractivity contribution in [1.82, 2.24) is 9.88 Å². The second-order valence-electron chi connectivity index (χ2n) is 3.64. The number of hydrogen-bond donors (Lipinski definition) is 2. The maximum Gasteiger partial charge on any atom is 0.322 e. The van der Waals surface area contributed by atoms with Crippen molar-refractivity contribution in [2.75, 3.05) is 18.9 Å². The van der Waals surface area contributed by atoms with E-state index in [9.17, 15) is 9.59 Å². The number of carbonyl (C=O) groups is 2. The van der Waals surface area contributed by atoms with Crippen LogP contribution >= 0.6 is 11.3 Å². The summed E-state index contributed by atoms with van der Waals surface area (Å²) in [5.41, 5.74) is 0.771. The molecule has 0 saturated carbocycles. The molecule has 1 heterocycles. The number of nitrogens with zero attached hydrogens (tertiary/aromatic N) is 2. The van der Waals surface area contributed by atoms with Gasteiger partial charge in [0.25, 0.3) is 0 Å². The molecule has 0 unspecified atom stereocenters. The van der Waals surface area contributed by atoms with Crippen molar-refractivity contribution in [1.29, 1.82) is 0 Å². The summed E-state index contributed by atoms with van der Waals surface area (Å²) in [7, 11) is 1.56. The summed E-state index contributed by atoms with van der Waals surface area (Å²) in [6, 6.07) is -0.321. The van der Waals surface area contributed by atoms with Gasteiger partial charge in [-0.3, -0.25) is 10.1 Å². The Labute approximate surface area is 103 Å². The average molecular weight is 257 g/mol. The summed E-state index contributed by atoms with van der Waals surface area (Å²) in [6.07, 6.45) is -0.0649. The van der Waals surface area contributed by atoms with Gasteiger partial charge in [0.05, 0.1) is 17.1 Å². The van der Waals surface area contributed by atoms with Crippen molar-refractivity contribution in [3.8, 4) is 0 Å². The van der Waals surface area contributed by atoms with Crippen molar-refractivity contribution < 1.29 is 14.7 Å². The predicted molar refractivity (Wildman–Crippen MR) is 65.5 cm³/mol. The number of aryl methyl sites for hydroxylation is 2. The standard InChI is InChI=1S/C10H15N3O3S/c1-6-9(17-7(2)11-6)12-10(16)13(3)5-4-8(14)15/h4-5H2,1-3H3,(H,12,16)(H,14,15). The first-order valence-corrected chi connectivity index (χ1v) is 5.89. The van der Waals surface area contributed by atoms with Gasteiger partial charge in [0, 0.05) is 13.6 Å². The minimum Gasteiger partial charge on any atom is -0.481 e. The predicted octanol–water partition coefficient (Wildman–Crippen LogP) is 1.70. The van der Waals surface area contributed by atoms with Crippen LogP contribution in [0.3, 0.4) is 0 Å². The number of aliphatic carboxylic acids is 1. The highest BCUT2D eigenvalue weighted by atomic mass is 32.1. The van der Waals surface area contributed by atoms with Crippen LogP contribution in [0.15, 0.2) is 0 Å². The summed E-state index contributed by atoms with van der Waals surface area (Å²) < 4.78 is 0. The lowest BCUT2D eigenvalue weighted by Gasteiger charge is -2.16. The van der Waals surface area contributed by atoms with Crippen LogP contribution < -0.4 is 5.32 Å². The molecule has 94 valence electrons. The SMILES string of the molecule is Cc1nc(C)c(NC(=O)N(C)CCC(=O)O)s1. The molecule has 0 radical (unpaired) electrons. The number of nitrogens with one attached hydrogen (secondary N) is 1. The van der Waals surface area contributed by atoms with E-state index < -0.39 is 5.97 Å². The van der Waals surface area contributed by atoms with Crippen LogP contribution in [-0.2, 0) is 4.79 Å². The first-order valence-electron chi connectivity index (χ1n) is 5.08. The van der Waals surface area contributed by atoms with Gasteiger partial charge in [0.1, 0.15) is 5.00 Å². The second-order valence-corrected chi connectivity index (χ2v) is 4.85. The van der Waals surface area contributed by atoms with E-state index in [0.717, 1.165) is 10.7 Å². The summed E-state index contributed by atoms with van der Waals surface area (Å²) in [4.78, 5) is 27.6. The molecule has 6 nitrogen and oxygen atoms in total. The van der Waals surface area contributed by atoms with E-state index in [-0.39, 0.29) is 19.0 Å². The van der Waals surface area contributed by atoms with E-state index >= 15 is 0 Å². The first kappa shape index (κ1) is 13.4. The molecule has 1 rings (SSSR count). The molecule has 0 fully saturated rings. The maximum absolute atomic E-state index is 11.7. The Hall–Kier alpha value is -1.63. The lowest BCUT2D eigenvalue weighted by molar-refractivity contribution is -0.137. The first-order chi connectivity index (χ1) is 7.90. The van der Waals surface area contributed by atoms with Crippen molar-refractivity contribution >= 4 is 28.3 Å². The average Bonchev–Trinajstić information content (AvgIpc) is 2.53. The van der Waals surface area contributed by atoms with Gasteiger partial charge in [-0.25, -0.2) is 9.78 Å². The number of rotatable bonds is 4. The number of carboxylic acid groups (broad SMARTS) is 1. The number of urea groups is 1. The summed E-state index contributed by atoms with van der Waals surface area (Å²) in [5.74, 6) is -0.922. The number of aromatic nitrogens is 1. The van der Waals surface area contributed by atoms with E-state index in [1.165, 1.54) is 16.2 Å². The fraction of sp³-hybridized carbons (Fsp3) is 0.500. The fourth-order valence-electron chi connectivity index (χ4n) is 1.20. The molecular weight excluding hydrogens is 242 g/mol. The Morgan fingerprint density at radius 2 is 2.12 bits per heavy atom. The van der Waals surface area contributed by atoms with Gasteiger partial charge >= 0.3 is 12.0 Å². The van der Waals surface area contributed by atoms with E-state index in [1.54, 1.807) is 7.05 Å². The van der Waals surface area contributed by atoms with Gasteiger partial charge in [-0.2, -0.15) is 0 Å².